The van der Waals surface area contributed by atoms with Gasteiger partial charge in [-0.05, 0) is 57.7 Å². The van der Waals surface area contributed by atoms with Crippen LogP contribution in [-0.4, -0.2) is 37.5 Å². The Balaban J connectivity index is 1.62. The molecule has 1 saturated carbocycles. The van der Waals surface area contributed by atoms with Crippen molar-refractivity contribution < 1.29 is 4.79 Å². The third-order valence-corrected chi connectivity index (χ3v) is 6.19. The van der Waals surface area contributed by atoms with E-state index < -0.39 is 0 Å². The lowest BCUT2D eigenvalue weighted by molar-refractivity contribution is -0.119. The van der Waals surface area contributed by atoms with Crippen LogP contribution in [0.25, 0.3) is 11.2 Å². The van der Waals surface area contributed by atoms with E-state index in [1.807, 2.05) is 10.6 Å². The van der Waals surface area contributed by atoms with Crippen LogP contribution in [-0.2, 0) is 4.79 Å². The van der Waals surface area contributed by atoms with Crippen molar-refractivity contribution in [1.29, 1.82) is 5.26 Å². The summed E-state index contributed by atoms with van der Waals surface area (Å²) < 4.78 is 2.82. The van der Waals surface area contributed by atoms with Crippen molar-refractivity contribution in [2.45, 2.75) is 64.6 Å². The van der Waals surface area contributed by atoms with Crippen LogP contribution in [0.2, 0.25) is 0 Å². The van der Waals surface area contributed by atoms with Crippen LogP contribution in [0.5, 0.6) is 0 Å². The van der Waals surface area contributed by atoms with Gasteiger partial charge >= 0.3 is 0 Å². The van der Waals surface area contributed by atoms with Crippen LogP contribution in [0.4, 0.5) is 17.5 Å². The number of benzene rings is 1. The zero-order valence-electron chi connectivity index (χ0n) is 18.9. The Kier molecular flexibility index (Phi) is 6.79. The molecule has 0 aliphatic heterocycles. The quantitative estimate of drug-likeness (QED) is 0.441. The number of anilines is 3. The molecule has 1 aliphatic carbocycles. The molecule has 9 nitrogen and oxygen atoms in total. The zero-order chi connectivity index (χ0) is 23.5. The summed E-state index contributed by atoms with van der Waals surface area (Å²) in [4.78, 5) is 25.4. The molecule has 172 valence electrons. The minimum absolute atomic E-state index is 0.0185. The summed E-state index contributed by atoms with van der Waals surface area (Å²) in [5.74, 6) is 1.13. The SMILES string of the molecule is CC(=O)NC1CCC(Nc2nc(Nc3cc(Br)cc(C#N)c3)c3ncn(C(C)C)c3n2)CC1. The number of amides is 1. The Hall–Kier alpha value is -3.19. The third kappa shape index (κ3) is 5.42. The molecule has 1 aliphatic rings. The molecule has 1 aromatic carbocycles. The van der Waals surface area contributed by atoms with Gasteiger partial charge in [-0.25, -0.2) is 4.98 Å². The highest BCUT2D eigenvalue weighted by Crippen LogP contribution is 2.29. The van der Waals surface area contributed by atoms with Crippen molar-refractivity contribution in [2.75, 3.05) is 10.6 Å². The molecule has 0 bridgehead atoms. The van der Waals surface area contributed by atoms with Gasteiger partial charge in [0.15, 0.2) is 17.0 Å². The topological polar surface area (TPSA) is 121 Å². The van der Waals surface area contributed by atoms with Gasteiger partial charge in [0.2, 0.25) is 11.9 Å². The summed E-state index contributed by atoms with van der Waals surface area (Å²) in [5.41, 5.74) is 2.69. The minimum Gasteiger partial charge on any atom is -0.354 e. The molecule has 3 N–H and O–H groups in total. The predicted octanol–water partition coefficient (Wildman–Crippen LogP) is 4.64. The van der Waals surface area contributed by atoms with Crippen molar-refractivity contribution >= 4 is 50.5 Å². The maximum Gasteiger partial charge on any atom is 0.227 e. The number of hydrogen-bond donors (Lipinski definition) is 3. The molecule has 0 unspecified atom stereocenters. The Morgan fingerprint density at radius 2 is 1.91 bits per heavy atom. The van der Waals surface area contributed by atoms with E-state index in [1.54, 1.807) is 25.4 Å². The summed E-state index contributed by atoms with van der Waals surface area (Å²) in [7, 11) is 0. The van der Waals surface area contributed by atoms with Gasteiger partial charge in [0.25, 0.3) is 0 Å². The number of nitrogens with zero attached hydrogens (tertiary/aromatic N) is 5. The van der Waals surface area contributed by atoms with Crippen LogP contribution < -0.4 is 16.0 Å². The number of carbonyl (C=O) groups excluding carboxylic acids is 1. The van der Waals surface area contributed by atoms with Gasteiger partial charge < -0.3 is 20.5 Å². The number of rotatable bonds is 6. The highest BCUT2D eigenvalue weighted by atomic mass is 79.9. The fraction of sp³-hybridized carbons (Fsp3) is 0.435. The average Bonchev–Trinajstić information content (AvgIpc) is 3.19. The van der Waals surface area contributed by atoms with Gasteiger partial charge in [0.05, 0.1) is 18.0 Å². The number of nitrogens with one attached hydrogen (secondary N) is 3. The van der Waals surface area contributed by atoms with Gasteiger partial charge in [-0.3, -0.25) is 4.79 Å². The first kappa shape index (κ1) is 23.0. The first-order valence-corrected chi connectivity index (χ1v) is 11.9. The molecule has 0 radical (unpaired) electrons. The average molecular weight is 511 g/mol. The van der Waals surface area contributed by atoms with Gasteiger partial charge in [-0.15, -0.1) is 0 Å². The molecule has 4 rings (SSSR count). The molecular formula is C23H27BrN8O. The minimum atomic E-state index is 0.0185. The first-order chi connectivity index (χ1) is 15.8. The number of nitriles is 1. The Labute approximate surface area is 201 Å². The maximum atomic E-state index is 11.3. The maximum absolute atomic E-state index is 11.3. The lowest BCUT2D eigenvalue weighted by atomic mass is 9.91. The molecule has 3 aromatic rings. The monoisotopic (exact) mass is 510 g/mol. The predicted molar refractivity (Wildman–Crippen MR) is 131 cm³/mol. The molecule has 10 heteroatoms. The molecule has 2 aromatic heterocycles. The van der Waals surface area contributed by atoms with Crippen molar-refractivity contribution in [3.05, 3.63) is 34.6 Å². The molecular weight excluding hydrogens is 484 g/mol. The largest absolute Gasteiger partial charge is 0.354 e. The van der Waals surface area contributed by atoms with Crippen LogP contribution in [0.3, 0.4) is 0 Å². The van der Waals surface area contributed by atoms with E-state index in [0.29, 0.717) is 22.8 Å². The van der Waals surface area contributed by atoms with E-state index >= 15 is 0 Å². The fourth-order valence-corrected chi connectivity index (χ4v) is 4.65. The number of halogens is 1. The summed E-state index contributed by atoms with van der Waals surface area (Å²) >= 11 is 3.46. The highest BCUT2D eigenvalue weighted by molar-refractivity contribution is 9.10. The summed E-state index contributed by atoms with van der Waals surface area (Å²) in [6, 6.07) is 8.25. The highest BCUT2D eigenvalue weighted by Gasteiger charge is 2.23. The van der Waals surface area contributed by atoms with Crippen LogP contribution in [0, 0.1) is 11.3 Å². The van der Waals surface area contributed by atoms with E-state index in [0.717, 1.165) is 41.5 Å². The van der Waals surface area contributed by atoms with E-state index in [2.05, 4.69) is 56.8 Å². The standard InChI is InChI=1S/C23H27BrN8O/c1-13(2)32-12-26-20-21(28-19-9-15(11-25)8-16(24)10-19)30-23(31-22(20)32)29-18-6-4-17(5-7-18)27-14(3)33/h8-10,12-13,17-18H,4-7H2,1-3H3,(H,27,33)(H2,28,29,30,31). The molecule has 0 spiro atoms. The molecule has 0 atom stereocenters. The molecule has 1 fully saturated rings. The number of hydrogen-bond acceptors (Lipinski definition) is 7. The second-order valence-electron chi connectivity index (χ2n) is 8.67. The second-order valence-corrected chi connectivity index (χ2v) is 9.59. The van der Waals surface area contributed by atoms with Crippen molar-refractivity contribution in [3.8, 4) is 6.07 Å². The normalized spacial score (nSPS) is 18.2. The Morgan fingerprint density at radius 1 is 1.18 bits per heavy atom. The van der Waals surface area contributed by atoms with Crippen molar-refractivity contribution in [2.24, 2.45) is 0 Å². The molecule has 1 amide bonds. The third-order valence-electron chi connectivity index (χ3n) is 5.74. The van der Waals surface area contributed by atoms with E-state index in [4.69, 9.17) is 9.97 Å². The number of carbonyl (C=O) groups is 1. The molecule has 33 heavy (non-hydrogen) atoms. The van der Waals surface area contributed by atoms with E-state index in [9.17, 15) is 10.1 Å². The summed E-state index contributed by atoms with van der Waals surface area (Å²) in [6.45, 7) is 5.73. The Morgan fingerprint density at radius 3 is 2.58 bits per heavy atom. The lowest BCUT2D eigenvalue weighted by Gasteiger charge is -2.29. The van der Waals surface area contributed by atoms with E-state index in [1.165, 1.54) is 0 Å². The van der Waals surface area contributed by atoms with Gasteiger partial charge in [0.1, 0.15) is 0 Å². The lowest BCUT2D eigenvalue weighted by Crippen LogP contribution is -2.39. The number of imidazole rings is 1. The zero-order valence-corrected chi connectivity index (χ0v) is 20.5. The van der Waals surface area contributed by atoms with Crippen molar-refractivity contribution in [1.82, 2.24) is 24.8 Å². The first-order valence-electron chi connectivity index (χ1n) is 11.1. The Bertz CT molecular complexity index is 1210. The smallest absolute Gasteiger partial charge is 0.227 e. The van der Waals surface area contributed by atoms with Crippen molar-refractivity contribution in [3.63, 3.8) is 0 Å². The van der Waals surface area contributed by atoms with Gasteiger partial charge in [-0.2, -0.15) is 15.2 Å². The van der Waals surface area contributed by atoms with Gasteiger partial charge in [-0.1, -0.05) is 15.9 Å². The number of aromatic nitrogens is 4. The van der Waals surface area contributed by atoms with Crippen LogP contribution in [0.1, 0.15) is 58.1 Å². The summed E-state index contributed by atoms with van der Waals surface area (Å²) in [5, 5.41) is 19.1. The van der Waals surface area contributed by atoms with Crippen LogP contribution in [0.15, 0.2) is 29.0 Å². The molecule has 0 saturated heterocycles. The van der Waals surface area contributed by atoms with Crippen LogP contribution >= 0.6 is 15.9 Å². The number of fused-ring (bicyclic) bond motifs is 1. The van der Waals surface area contributed by atoms with Gasteiger partial charge in [0, 0.05) is 35.2 Å². The molecule has 2 heterocycles. The second kappa shape index (κ2) is 9.75. The fourth-order valence-electron chi connectivity index (χ4n) is 4.16. The van der Waals surface area contributed by atoms with E-state index in [-0.39, 0.29) is 24.0 Å². The summed E-state index contributed by atoms with van der Waals surface area (Å²) in [6.07, 6.45) is 5.47.